The highest BCUT2D eigenvalue weighted by atomic mass is 32.1. The van der Waals surface area contributed by atoms with E-state index in [0.29, 0.717) is 0 Å². The van der Waals surface area contributed by atoms with Crippen LogP contribution in [0.5, 0.6) is 0 Å². The Morgan fingerprint density at radius 1 is 1.05 bits per heavy atom. The van der Waals surface area contributed by atoms with Gasteiger partial charge in [0.2, 0.25) is 0 Å². The van der Waals surface area contributed by atoms with Gasteiger partial charge in [0.1, 0.15) is 0 Å². The molecule has 0 unspecified atom stereocenters. The molecule has 0 aromatic carbocycles. The van der Waals surface area contributed by atoms with E-state index in [1.165, 1.54) is 29.8 Å². The molecule has 4 nitrogen and oxygen atoms in total. The Balaban J connectivity index is 1.99. The lowest BCUT2D eigenvalue weighted by Crippen LogP contribution is -2.41. The second-order valence-corrected chi connectivity index (χ2v) is 6.61. The lowest BCUT2D eigenvalue weighted by molar-refractivity contribution is -0.334. The highest BCUT2D eigenvalue weighted by molar-refractivity contribution is 7.11. The number of carbonyl (C=O) groups is 1. The van der Waals surface area contributed by atoms with Crippen molar-refractivity contribution in [2.75, 3.05) is 7.11 Å². The molecule has 3 heterocycles. The lowest BCUT2D eigenvalue weighted by Gasteiger charge is -2.34. The third-order valence-electron chi connectivity index (χ3n) is 3.04. The van der Waals surface area contributed by atoms with Gasteiger partial charge in [-0.1, -0.05) is 12.1 Å². The van der Waals surface area contributed by atoms with Gasteiger partial charge >= 0.3 is 5.97 Å². The Hall–Kier alpha value is -1.89. The van der Waals surface area contributed by atoms with Crippen LogP contribution in [-0.4, -0.2) is 18.9 Å². The molecule has 2 aromatic rings. The minimum atomic E-state index is -1.32. The first-order valence-electron chi connectivity index (χ1n) is 6.58. The maximum atomic E-state index is 12.5. The third kappa shape index (κ3) is 3.14. The molecule has 0 bridgehead atoms. The minimum Gasteiger partial charge on any atom is -0.426 e. The number of Topliss-reactive ketones (excluding diaryl/α,β-unsaturated/α-hetero) is 1. The van der Waals surface area contributed by atoms with Crippen LogP contribution >= 0.6 is 22.7 Å². The maximum Gasteiger partial charge on any atom is 0.368 e. The van der Waals surface area contributed by atoms with E-state index in [2.05, 4.69) is 0 Å². The molecule has 2 aromatic heterocycles. The number of rotatable bonds is 3. The minimum absolute atomic E-state index is 0.209. The van der Waals surface area contributed by atoms with Gasteiger partial charge in [-0.05, 0) is 22.9 Å². The normalized spacial score (nSPS) is 25.3. The van der Waals surface area contributed by atoms with Crippen molar-refractivity contribution in [2.24, 2.45) is 0 Å². The molecule has 1 fully saturated rings. The second-order valence-electron chi connectivity index (χ2n) is 4.65. The van der Waals surface area contributed by atoms with Gasteiger partial charge in [-0.15, -0.1) is 22.7 Å². The molecule has 0 saturated carbocycles. The summed E-state index contributed by atoms with van der Waals surface area (Å²) in [6.45, 7) is 1.63. The van der Waals surface area contributed by atoms with E-state index in [-0.39, 0.29) is 17.3 Å². The van der Waals surface area contributed by atoms with Crippen LogP contribution in [-0.2, 0) is 19.0 Å². The third-order valence-corrected chi connectivity index (χ3v) is 4.68. The monoisotopic (exact) mass is 334 g/mol. The molecule has 0 radical (unpaired) electrons. The molecule has 1 aliphatic rings. The molecule has 0 amide bonds. The van der Waals surface area contributed by atoms with Crippen molar-refractivity contribution in [1.29, 1.82) is 0 Å². The number of thiophene rings is 2. The second kappa shape index (κ2) is 6.08. The smallest absolute Gasteiger partial charge is 0.368 e. The van der Waals surface area contributed by atoms with Crippen LogP contribution in [0.4, 0.5) is 0 Å². The van der Waals surface area contributed by atoms with Crippen molar-refractivity contribution >= 4 is 40.6 Å². The summed E-state index contributed by atoms with van der Waals surface area (Å²) >= 11 is 3.05. The van der Waals surface area contributed by atoms with Gasteiger partial charge in [0.25, 0.3) is 5.78 Å². The van der Waals surface area contributed by atoms with E-state index in [0.717, 1.165) is 9.75 Å². The summed E-state index contributed by atoms with van der Waals surface area (Å²) in [5, 5.41) is 3.88. The molecule has 0 N–H and O–H groups in total. The SMILES string of the molecule is COC1(C)O/C(=C\c2cccs2)C(=O)/C(=C/c2cccs2)O1. The van der Waals surface area contributed by atoms with Crippen molar-refractivity contribution in [2.45, 2.75) is 12.9 Å². The predicted molar refractivity (Wildman–Crippen MR) is 87.2 cm³/mol. The number of methoxy groups -OCH3 is 1. The maximum absolute atomic E-state index is 12.5. The summed E-state index contributed by atoms with van der Waals surface area (Å²) in [5.41, 5.74) is 0. The summed E-state index contributed by atoms with van der Waals surface area (Å²) in [5.74, 6) is -1.20. The summed E-state index contributed by atoms with van der Waals surface area (Å²) < 4.78 is 16.4. The molecule has 6 heteroatoms. The van der Waals surface area contributed by atoms with Crippen LogP contribution in [0.15, 0.2) is 46.5 Å². The van der Waals surface area contributed by atoms with E-state index in [1.54, 1.807) is 19.1 Å². The Bertz CT molecular complexity index is 655. The van der Waals surface area contributed by atoms with E-state index >= 15 is 0 Å². The van der Waals surface area contributed by atoms with Gasteiger partial charge in [0, 0.05) is 35.9 Å². The van der Waals surface area contributed by atoms with Gasteiger partial charge in [-0.25, -0.2) is 0 Å². The van der Waals surface area contributed by atoms with E-state index < -0.39 is 5.97 Å². The lowest BCUT2D eigenvalue weighted by atomic mass is 10.2. The Kier molecular flexibility index (Phi) is 4.15. The highest BCUT2D eigenvalue weighted by Crippen LogP contribution is 2.33. The molecule has 1 aliphatic heterocycles. The number of carbonyl (C=O) groups excluding carboxylic acids is 1. The zero-order valence-corrected chi connectivity index (χ0v) is 13.7. The first-order chi connectivity index (χ1) is 10.6. The van der Waals surface area contributed by atoms with Crippen molar-refractivity contribution in [3.8, 4) is 0 Å². The van der Waals surface area contributed by atoms with E-state index in [1.807, 2.05) is 35.0 Å². The number of hydrogen-bond acceptors (Lipinski definition) is 6. The average molecular weight is 334 g/mol. The fourth-order valence-corrected chi connectivity index (χ4v) is 3.21. The Labute approximate surface area is 136 Å². The first-order valence-corrected chi connectivity index (χ1v) is 8.34. The zero-order chi connectivity index (χ0) is 15.6. The van der Waals surface area contributed by atoms with Crippen molar-refractivity contribution in [3.05, 3.63) is 56.3 Å². The summed E-state index contributed by atoms with van der Waals surface area (Å²) in [6.07, 6.45) is 3.41. The van der Waals surface area contributed by atoms with Crippen molar-refractivity contribution < 1.29 is 19.0 Å². The van der Waals surface area contributed by atoms with Crippen LogP contribution in [0, 0.1) is 0 Å². The molecule has 114 valence electrons. The molecule has 22 heavy (non-hydrogen) atoms. The molecule has 1 saturated heterocycles. The molecular weight excluding hydrogens is 320 g/mol. The first kappa shape index (κ1) is 15.0. The fourth-order valence-electron chi connectivity index (χ4n) is 1.91. The summed E-state index contributed by atoms with van der Waals surface area (Å²) in [6, 6.07) is 7.66. The standard InChI is InChI=1S/C16H14O4S2/c1-16(18-2)19-13(9-11-5-3-7-21-11)15(17)14(20-16)10-12-6-4-8-22-12/h3-10H,1-2H3/b13-9-,14-10-. The highest BCUT2D eigenvalue weighted by Gasteiger charge is 2.40. The largest absolute Gasteiger partial charge is 0.426 e. The van der Waals surface area contributed by atoms with Gasteiger partial charge in [-0.3, -0.25) is 4.79 Å². The van der Waals surface area contributed by atoms with Crippen LogP contribution < -0.4 is 0 Å². The molecule has 0 spiro atoms. The summed E-state index contributed by atoms with van der Waals surface area (Å²) in [4.78, 5) is 14.4. The molecule has 0 atom stereocenters. The van der Waals surface area contributed by atoms with Gasteiger partial charge in [0.05, 0.1) is 0 Å². The molecular formula is C16H14O4S2. The quantitative estimate of drug-likeness (QED) is 0.792. The summed E-state index contributed by atoms with van der Waals surface area (Å²) in [7, 11) is 1.47. The number of hydrogen-bond donors (Lipinski definition) is 0. The van der Waals surface area contributed by atoms with Gasteiger partial charge < -0.3 is 14.2 Å². The Morgan fingerprint density at radius 2 is 1.55 bits per heavy atom. The van der Waals surface area contributed by atoms with Gasteiger partial charge in [0.15, 0.2) is 11.5 Å². The van der Waals surface area contributed by atoms with Crippen molar-refractivity contribution in [3.63, 3.8) is 0 Å². The number of ketones is 1. The zero-order valence-electron chi connectivity index (χ0n) is 12.1. The number of ether oxygens (including phenoxy) is 3. The molecule has 0 aliphatic carbocycles. The predicted octanol–water partition coefficient (Wildman–Crippen LogP) is 4.13. The van der Waals surface area contributed by atoms with Gasteiger partial charge in [-0.2, -0.15) is 0 Å². The molecule has 3 rings (SSSR count). The van der Waals surface area contributed by atoms with Crippen LogP contribution in [0.1, 0.15) is 16.7 Å². The van der Waals surface area contributed by atoms with Crippen LogP contribution in [0.25, 0.3) is 12.2 Å². The van der Waals surface area contributed by atoms with Crippen molar-refractivity contribution in [1.82, 2.24) is 0 Å². The van der Waals surface area contributed by atoms with E-state index in [4.69, 9.17) is 14.2 Å². The average Bonchev–Trinajstić information content (AvgIpc) is 3.18. The Morgan fingerprint density at radius 3 is 1.91 bits per heavy atom. The fraction of sp³-hybridized carbons (Fsp3) is 0.188. The van der Waals surface area contributed by atoms with E-state index in [9.17, 15) is 4.79 Å². The van der Waals surface area contributed by atoms with Crippen LogP contribution in [0.2, 0.25) is 0 Å². The topological polar surface area (TPSA) is 44.8 Å². The van der Waals surface area contributed by atoms with Crippen LogP contribution in [0.3, 0.4) is 0 Å².